The van der Waals surface area contributed by atoms with Crippen LogP contribution < -0.4 is 14.4 Å². The summed E-state index contributed by atoms with van der Waals surface area (Å²) in [6, 6.07) is 14.5. The van der Waals surface area contributed by atoms with Gasteiger partial charge in [0, 0.05) is 31.0 Å². The number of rotatable bonds is 7. The molecule has 1 heterocycles. The van der Waals surface area contributed by atoms with Crippen molar-refractivity contribution >= 4 is 27.4 Å². The second-order valence-electron chi connectivity index (χ2n) is 6.61. The van der Waals surface area contributed by atoms with Gasteiger partial charge in [-0.1, -0.05) is 12.1 Å². The number of ether oxygens (including phenoxy) is 1. The number of methoxy groups -OCH3 is 1. The van der Waals surface area contributed by atoms with Crippen LogP contribution in [-0.4, -0.2) is 45.3 Å². The first kappa shape index (κ1) is 20.0. The topological polar surface area (TPSA) is 79.0 Å². The lowest BCUT2D eigenvalue weighted by atomic mass is 10.1. The number of hydrogen-bond acceptors (Lipinski definition) is 4. The second-order valence-corrected chi connectivity index (χ2v) is 8.62. The zero-order chi connectivity index (χ0) is 20.1. The maximum atomic E-state index is 12.9. The van der Waals surface area contributed by atoms with E-state index in [0.717, 1.165) is 23.4 Å². The third-order valence-corrected chi connectivity index (χ3v) is 5.98. The van der Waals surface area contributed by atoms with E-state index in [9.17, 15) is 13.2 Å². The maximum Gasteiger partial charge on any atom is 0.324 e. The van der Waals surface area contributed by atoms with E-state index in [-0.39, 0.29) is 11.8 Å². The Morgan fingerprint density at radius 1 is 1.04 bits per heavy atom. The highest BCUT2D eigenvalue weighted by molar-refractivity contribution is 7.92. The zero-order valence-corrected chi connectivity index (χ0v) is 16.9. The Morgan fingerprint density at radius 3 is 2.32 bits per heavy atom. The number of carbonyl (C=O) groups excluding carboxylic acids is 1. The van der Waals surface area contributed by atoms with Crippen LogP contribution in [0, 0.1) is 0 Å². The zero-order valence-electron chi connectivity index (χ0n) is 16.1. The molecule has 7 nitrogen and oxygen atoms in total. The molecular weight excluding hydrogens is 378 g/mol. The third-order valence-electron chi connectivity index (χ3n) is 4.68. The number of urea groups is 1. The summed E-state index contributed by atoms with van der Waals surface area (Å²) >= 11 is 0. The molecule has 1 aliphatic rings. The summed E-state index contributed by atoms with van der Waals surface area (Å²) in [5.41, 5.74) is 2.29. The van der Waals surface area contributed by atoms with E-state index < -0.39 is 10.0 Å². The van der Waals surface area contributed by atoms with Crippen molar-refractivity contribution in [2.45, 2.75) is 19.9 Å². The van der Waals surface area contributed by atoms with Crippen molar-refractivity contribution in [2.24, 2.45) is 0 Å². The van der Waals surface area contributed by atoms with Crippen LogP contribution in [0.15, 0.2) is 48.5 Å². The van der Waals surface area contributed by atoms with Gasteiger partial charge in [-0.15, -0.1) is 0 Å². The Labute approximate surface area is 166 Å². The van der Waals surface area contributed by atoms with Gasteiger partial charge in [0.05, 0.1) is 12.9 Å². The molecule has 0 aromatic heterocycles. The van der Waals surface area contributed by atoms with Crippen molar-refractivity contribution in [2.75, 3.05) is 35.6 Å². The van der Waals surface area contributed by atoms with Gasteiger partial charge >= 0.3 is 6.03 Å². The highest BCUT2D eigenvalue weighted by atomic mass is 32.2. The largest absolute Gasteiger partial charge is 0.497 e. The van der Waals surface area contributed by atoms with Crippen molar-refractivity contribution in [1.29, 1.82) is 0 Å². The first-order valence-electron chi connectivity index (χ1n) is 9.22. The molecule has 28 heavy (non-hydrogen) atoms. The van der Waals surface area contributed by atoms with Crippen molar-refractivity contribution in [3.05, 3.63) is 54.1 Å². The molecule has 1 saturated heterocycles. The number of carbonyl (C=O) groups is 1. The highest BCUT2D eigenvalue weighted by Crippen LogP contribution is 2.24. The summed E-state index contributed by atoms with van der Waals surface area (Å²) in [4.78, 5) is 16.5. The van der Waals surface area contributed by atoms with E-state index >= 15 is 0 Å². The summed E-state index contributed by atoms with van der Waals surface area (Å²) < 4.78 is 31.0. The molecule has 8 heteroatoms. The van der Waals surface area contributed by atoms with Crippen molar-refractivity contribution in [1.82, 2.24) is 4.90 Å². The third kappa shape index (κ3) is 4.75. The fourth-order valence-corrected chi connectivity index (χ4v) is 3.72. The molecule has 0 atom stereocenters. The van der Waals surface area contributed by atoms with Crippen LogP contribution in [-0.2, 0) is 16.6 Å². The van der Waals surface area contributed by atoms with Gasteiger partial charge < -0.3 is 9.64 Å². The van der Waals surface area contributed by atoms with Crippen molar-refractivity contribution < 1.29 is 17.9 Å². The van der Waals surface area contributed by atoms with E-state index in [1.165, 1.54) is 0 Å². The minimum absolute atomic E-state index is 0.0136. The molecule has 3 rings (SSSR count). The maximum absolute atomic E-state index is 12.9. The van der Waals surface area contributed by atoms with Crippen LogP contribution in [0.3, 0.4) is 0 Å². The Balaban J connectivity index is 1.69. The van der Waals surface area contributed by atoms with Gasteiger partial charge in [0.25, 0.3) is 0 Å². The van der Waals surface area contributed by atoms with Gasteiger partial charge in [-0.3, -0.25) is 9.62 Å². The molecule has 0 unspecified atom stereocenters. The predicted molar refractivity (Wildman–Crippen MR) is 110 cm³/mol. The predicted octanol–water partition coefficient (Wildman–Crippen LogP) is 3.29. The lowest BCUT2D eigenvalue weighted by Crippen LogP contribution is -2.49. The lowest BCUT2D eigenvalue weighted by Gasteiger charge is -2.35. The number of nitrogens with one attached hydrogen (secondary N) is 1. The van der Waals surface area contributed by atoms with Gasteiger partial charge in [0.2, 0.25) is 10.0 Å². The Morgan fingerprint density at radius 2 is 1.71 bits per heavy atom. The molecule has 0 radical (unpaired) electrons. The molecule has 1 fully saturated rings. The van der Waals surface area contributed by atoms with Gasteiger partial charge in [-0.25, -0.2) is 13.2 Å². The lowest BCUT2D eigenvalue weighted by molar-refractivity contribution is 0.192. The Bertz CT molecular complexity index is 911. The molecule has 1 aliphatic heterocycles. The normalized spacial score (nSPS) is 14.9. The van der Waals surface area contributed by atoms with Gasteiger partial charge in [-0.05, 0) is 55.3 Å². The van der Waals surface area contributed by atoms with E-state index in [2.05, 4.69) is 4.72 Å². The molecule has 0 saturated carbocycles. The van der Waals surface area contributed by atoms with Crippen molar-refractivity contribution in [3.8, 4) is 5.75 Å². The molecule has 0 bridgehead atoms. The summed E-state index contributed by atoms with van der Waals surface area (Å²) in [6.07, 6.45) is 0.867. The molecule has 2 aromatic carbocycles. The monoisotopic (exact) mass is 403 g/mol. The summed E-state index contributed by atoms with van der Waals surface area (Å²) in [5.74, 6) is 0.800. The molecule has 2 aromatic rings. The van der Waals surface area contributed by atoms with E-state index in [0.29, 0.717) is 25.3 Å². The van der Waals surface area contributed by atoms with Gasteiger partial charge in [-0.2, -0.15) is 0 Å². The van der Waals surface area contributed by atoms with E-state index in [4.69, 9.17) is 4.74 Å². The summed E-state index contributed by atoms with van der Waals surface area (Å²) in [5, 5.41) is 0. The smallest absolute Gasteiger partial charge is 0.324 e. The quantitative estimate of drug-likeness (QED) is 0.769. The first-order valence-corrected chi connectivity index (χ1v) is 10.9. The van der Waals surface area contributed by atoms with E-state index in [1.807, 2.05) is 29.2 Å². The second kappa shape index (κ2) is 8.52. The fourth-order valence-electron chi connectivity index (χ4n) is 3.08. The molecule has 2 amide bonds. The molecule has 1 N–H and O–H groups in total. The average molecular weight is 404 g/mol. The van der Waals surface area contributed by atoms with Gasteiger partial charge in [0.15, 0.2) is 0 Å². The van der Waals surface area contributed by atoms with E-state index in [1.54, 1.807) is 43.2 Å². The first-order chi connectivity index (χ1) is 13.4. The number of sulfonamides is 1. The number of anilines is 2. The summed E-state index contributed by atoms with van der Waals surface area (Å²) in [6.45, 7) is 3.46. The van der Waals surface area contributed by atoms with Crippen LogP contribution in [0.25, 0.3) is 0 Å². The standard InChI is InChI=1S/C20H25N3O4S/c1-3-28(25,26)21-17-7-9-18(10-8-17)23-14-4-13-22(20(23)24)15-16-5-11-19(27-2)12-6-16/h5-12,21H,3-4,13-15H2,1-2H3. The van der Waals surface area contributed by atoms with Gasteiger partial charge in [0.1, 0.15) is 5.75 Å². The SMILES string of the molecule is CCS(=O)(=O)Nc1ccc(N2CCCN(Cc3ccc(OC)cc3)C2=O)cc1. The summed E-state index contributed by atoms with van der Waals surface area (Å²) in [7, 11) is -1.69. The highest BCUT2D eigenvalue weighted by Gasteiger charge is 2.26. The Kier molecular flexibility index (Phi) is 6.08. The number of hydrogen-bond donors (Lipinski definition) is 1. The van der Waals surface area contributed by atoms with Crippen LogP contribution in [0.2, 0.25) is 0 Å². The molecule has 150 valence electrons. The minimum Gasteiger partial charge on any atom is -0.497 e. The number of benzene rings is 2. The van der Waals surface area contributed by atoms with Crippen LogP contribution >= 0.6 is 0 Å². The fraction of sp³-hybridized carbons (Fsp3) is 0.350. The number of amides is 2. The molecule has 0 spiro atoms. The van der Waals surface area contributed by atoms with Crippen molar-refractivity contribution in [3.63, 3.8) is 0 Å². The average Bonchev–Trinajstić information content (AvgIpc) is 2.71. The minimum atomic E-state index is -3.32. The number of nitrogens with zero attached hydrogens (tertiary/aromatic N) is 2. The van der Waals surface area contributed by atoms with Crippen LogP contribution in [0.1, 0.15) is 18.9 Å². The molecular formula is C20H25N3O4S. The van der Waals surface area contributed by atoms with Crippen LogP contribution in [0.5, 0.6) is 5.75 Å². The molecule has 0 aliphatic carbocycles. The van der Waals surface area contributed by atoms with Crippen LogP contribution in [0.4, 0.5) is 16.2 Å². The Hall–Kier alpha value is -2.74.